The minimum absolute atomic E-state index is 0.269. The molecule has 2 N–H and O–H groups in total. The third kappa shape index (κ3) is 6.52. The molecule has 1 fully saturated rings. The summed E-state index contributed by atoms with van der Waals surface area (Å²) in [5, 5.41) is 7.06. The molecule has 0 aliphatic heterocycles. The van der Waals surface area contributed by atoms with Gasteiger partial charge in [-0.25, -0.2) is 9.37 Å². The normalized spacial score (nSPS) is 20.4. The second kappa shape index (κ2) is 11.1. The van der Waals surface area contributed by atoms with Crippen molar-refractivity contribution in [1.82, 2.24) is 15.6 Å². The van der Waals surface area contributed by atoms with Crippen molar-refractivity contribution in [3.8, 4) is 11.6 Å². The van der Waals surface area contributed by atoms with Crippen LogP contribution in [-0.4, -0.2) is 39.2 Å². The molecule has 1 aliphatic carbocycles. The lowest BCUT2D eigenvalue weighted by molar-refractivity contribution is 0.413. The summed E-state index contributed by atoms with van der Waals surface area (Å²) in [6.45, 7) is 2.54. The molecular formula is C22H29FN4O2S. The molecule has 3 rings (SSSR count). The highest BCUT2D eigenvalue weighted by Gasteiger charge is 2.26. The lowest BCUT2D eigenvalue weighted by Gasteiger charge is -2.30. The van der Waals surface area contributed by atoms with Crippen molar-refractivity contribution in [2.24, 2.45) is 4.99 Å². The Morgan fingerprint density at radius 3 is 2.83 bits per heavy atom. The number of benzene rings is 1. The first kappa shape index (κ1) is 22.2. The summed E-state index contributed by atoms with van der Waals surface area (Å²) >= 11 is 0. The van der Waals surface area contributed by atoms with Gasteiger partial charge in [0.05, 0.1) is 0 Å². The molecule has 6 nitrogen and oxygen atoms in total. The van der Waals surface area contributed by atoms with E-state index in [2.05, 4.69) is 20.6 Å². The van der Waals surface area contributed by atoms with Gasteiger partial charge in [-0.3, -0.25) is 9.20 Å². The van der Waals surface area contributed by atoms with Crippen LogP contribution in [0.4, 0.5) is 4.39 Å². The van der Waals surface area contributed by atoms with Crippen LogP contribution in [0.15, 0.2) is 47.6 Å². The number of rotatable bonds is 7. The Labute approximate surface area is 179 Å². The Balaban J connectivity index is 1.53. The van der Waals surface area contributed by atoms with Crippen LogP contribution in [-0.2, 0) is 17.3 Å². The van der Waals surface area contributed by atoms with E-state index in [4.69, 9.17) is 4.74 Å². The number of hydrogen-bond acceptors (Lipinski definition) is 4. The van der Waals surface area contributed by atoms with Crippen molar-refractivity contribution < 1.29 is 13.3 Å². The Bertz CT molecular complexity index is 876. The molecule has 162 valence electrons. The maximum atomic E-state index is 13.0. The maximum Gasteiger partial charge on any atom is 0.219 e. The van der Waals surface area contributed by atoms with E-state index in [9.17, 15) is 8.60 Å². The topological polar surface area (TPSA) is 75.6 Å². The van der Waals surface area contributed by atoms with Crippen LogP contribution in [0.3, 0.4) is 0 Å². The lowest BCUT2D eigenvalue weighted by atomic mass is 9.95. The van der Waals surface area contributed by atoms with Crippen LogP contribution in [0.1, 0.15) is 38.2 Å². The minimum Gasteiger partial charge on any atom is -0.439 e. The van der Waals surface area contributed by atoms with E-state index in [1.807, 2.05) is 19.1 Å². The van der Waals surface area contributed by atoms with Crippen molar-refractivity contribution in [3.63, 3.8) is 0 Å². The Morgan fingerprint density at radius 1 is 1.30 bits per heavy atom. The first-order chi connectivity index (χ1) is 14.6. The van der Waals surface area contributed by atoms with Crippen molar-refractivity contribution in [3.05, 3.63) is 54.0 Å². The van der Waals surface area contributed by atoms with Crippen LogP contribution >= 0.6 is 0 Å². The lowest BCUT2D eigenvalue weighted by Crippen LogP contribution is -2.46. The van der Waals surface area contributed by atoms with Gasteiger partial charge in [-0.2, -0.15) is 0 Å². The summed E-state index contributed by atoms with van der Waals surface area (Å²) in [6, 6.07) is 9.85. The van der Waals surface area contributed by atoms with E-state index in [0.717, 1.165) is 37.2 Å². The van der Waals surface area contributed by atoms with Crippen molar-refractivity contribution >= 4 is 16.8 Å². The van der Waals surface area contributed by atoms with Crippen molar-refractivity contribution in [2.45, 2.75) is 50.4 Å². The molecule has 1 aliphatic rings. The molecule has 0 spiro atoms. The fraction of sp³-hybridized carbons (Fsp3) is 0.455. The number of guanidine groups is 1. The number of pyridine rings is 1. The van der Waals surface area contributed by atoms with Gasteiger partial charge in [-0.05, 0) is 55.2 Å². The third-order valence-corrected chi connectivity index (χ3v) is 6.88. The van der Waals surface area contributed by atoms with Crippen LogP contribution in [0, 0.1) is 5.82 Å². The number of nitrogens with one attached hydrogen (secondary N) is 2. The zero-order chi connectivity index (χ0) is 21.3. The number of aliphatic imine (C=N–C) groups is 1. The van der Waals surface area contributed by atoms with Gasteiger partial charge in [0.2, 0.25) is 5.88 Å². The molecule has 3 unspecified atom stereocenters. The highest BCUT2D eigenvalue weighted by Crippen LogP contribution is 2.23. The predicted molar refractivity (Wildman–Crippen MR) is 119 cm³/mol. The molecule has 30 heavy (non-hydrogen) atoms. The van der Waals surface area contributed by atoms with Crippen LogP contribution in [0.25, 0.3) is 0 Å². The molecular weight excluding hydrogens is 403 g/mol. The molecule has 1 aromatic carbocycles. The van der Waals surface area contributed by atoms with E-state index < -0.39 is 10.8 Å². The first-order valence-corrected chi connectivity index (χ1v) is 11.7. The van der Waals surface area contributed by atoms with Crippen molar-refractivity contribution in [2.75, 3.05) is 12.8 Å². The molecule has 0 saturated heterocycles. The predicted octanol–water partition coefficient (Wildman–Crippen LogP) is 3.76. The first-order valence-electron chi connectivity index (χ1n) is 10.3. The Hall–Kier alpha value is -2.48. The monoisotopic (exact) mass is 432 g/mol. The Morgan fingerprint density at radius 2 is 2.10 bits per heavy atom. The van der Waals surface area contributed by atoms with Gasteiger partial charge in [-0.15, -0.1) is 0 Å². The molecule has 0 amide bonds. The van der Waals surface area contributed by atoms with Crippen LogP contribution in [0.5, 0.6) is 11.6 Å². The smallest absolute Gasteiger partial charge is 0.219 e. The fourth-order valence-electron chi connectivity index (χ4n) is 3.56. The van der Waals surface area contributed by atoms with Gasteiger partial charge in [0.25, 0.3) is 0 Å². The van der Waals surface area contributed by atoms with Crippen LogP contribution < -0.4 is 15.4 Å². The van der Waals surface area contributed by atoms with Gasteiger partial charge in [0.1, 0.15) is 11.6 Å². The highest BCUT2D eigenvalue weighted by atomic mass is 32.2. The summed E-state index contributed by atoms with van der Waals surface area (Å²) in [6.07, 6.45) is 5.77. The summed E-state index contributed by atoms with van der Waals surface area (Å²) in [7, 11) is 0.998. The zero-order valence-electron chi connectivity index (χ0n) is 17.4. The summed E-state index contributed by atoms with van der Waals surface area (Å²) < 4.78 is 30.9. The molecule has 2 aromatic rings. The quantitative estimate of drug-likeness (QED) is 0.515. The molecule has 1 saturated carbocycles. The van der Waals surface area contributed by atoms with Gasteiger partial charge < -0.3 is 15.4 Å². The van der Waals surface area contributed by atoms with Crippen LogP contribution in [0.2, 0.25) is 0 Å². The van der Waals surface area contributed by atoms with Gasteiger partial charge >= 0.3 is 0 Å². The number of hydrogen-bond donors (Lipinski definition) is 2. The Kier molecular flexibility index (Phi) is 8.19. The van der Waals surface area contributed by atoms with Gasteiger partial charge in [0, 0.05) is 53.7 Å². The number of aromatic nitrogens is 1. The molecule has 1 heterocycles. The standard InChI is InChI=1S/C22H29FN4O2S/c1-3-30(28)20-6-4-5-18(14-20)27-22(24-2)26-15-16-11-12-25-21(13-16)29-19-9-7-17(23)8-10-19/h7-13,18,20H,3-6,14-15H2,1-2H3,(H2,24,26,27). The van der Waals surface area contributed by atoms with Gasteiger partial charge in [-0.1, -0.05) is 13.3 Å². The molecule has 8 heteroatoms. The average Bonchev–Trinajstić information content (AvgIpc) is 2.78. The third-order valence-electron chi connectivity index (χ3n) is 5.14. The van der Waals surface area contributed by atoms with Crippen molar-refractivity contribution in [1.29, 1.82) is 0 Å². The van der Waals surface area contributed by atoms with E-state index >= 15 is 0 Å². The number of halogens is 1. The van der Waals surface area contributed by atoms with Gasteiger partial charge in [0.15, 0.2) is 5.96 Å². The average molecular weight is 433 g/mol. The van der Waals surface area contributed by atoms with E-state index in [0.29, 0.717) is 23.9 Å². The number of ether oxygens (including phenoxy) is 1. The highest BCUT2D eigenvalue weighted by molar-refractivity contribution is 7.85. The second-order valence-electron chi connectivity index (χ2n) is 7.28. The maximum absolute atomic E-state index is 13.0. The second-order valence-corrected chi connectivity index (χ2v) is 9.29. The molecule has 1 aromatic heterocycles. The summed E-state index contributed by atoms with van der Waals surface area (Å²) in [5.74, 6) is 2.11. The SMILES string of the molecule is CCS(=O)C1CCCC(NC(=NC)NCc2ccnc(Oc3ccc(F)cc3)c2)C1. The molecule has 3 atom stereocenters. The largest absolute Gasteiger partial charge is 0.439 e. The fourth-order valence-corrected chi connectivity index (χ4v) is 4.91. The minimum atomic E-state index is -0.747. The summed E-state index contributed by atoms with van der Waals surface area (Å²) in [5.41, 5.74) is 0.985. The van der Waals surface area contributed by atoms with E-state index in [1.54, 1.807) is 25.4 Å². The van der Waals surface area contributed by atoms with E-state index in [-0.39, 0.29) is 17.1 Å². The van der Waals surface area contributed by atoms with E-state index in [1.165, 1.54) is 12.1 Å². The zero-order valence-corrected chi connectivity index (χ0v) is 18.3. The number of nitrogens with zero attached hydrogens (tertiary/aromatic N) is 2. The summed E-state index contributed by atoms with van der Waals surface area (Å²) in [4.78, 5) is 8.53. The molecule has 0 radical (unpaired) electrons. The molecule has 0 bridgehead atoms.